The molecule has 0 aromatic carbocycles. The molecule has 16 heavy (non-hydrogen) atoms. The first-order valence-electron chi connectivity index (χ1n) is 6.70. The molecular weight excluding hydrogens is 200 g/mol. The predicted molar refractivity (Wildman–Crippen MR) is 66.4 cm³/mol. The maximum atomic E-state index is 6.13. The summed E-state index contributed by atoms with van der Waals surface area (Å²) in [6, 6.07) is 0.219. The molecule has 2 aliphatic heterocycles. The molecule has 94 valence electrons. The summed E-state index contributed by atoms with van der Waals surface area (Å²) >= 11 is 0. The maximum Gasteiger partial charge on any atom is 0.0624 e. The van der Waals surface area contributed by atoms with Crippen molar-refractivity contribution in [3.05, 3.63) is 0 Å². The molecule has 2 atom stereocenters. The average molecular weight is 226 g/mol. The lowest BCUT2D eigenvalue weighted by Gasteiger charge is -2.38. The van der Waals surface area contributed by atoms with E-state index in [0.717, 1.165) is 25.7 Å². The van der Waals surface area contributed by atoms with Crippen molar-refractivity contribution >= 4 is 0 Å². The smallest absolute Gasteiger partial charge is 0.0624 e. The molecule has 2 fully saturated rings. The number of hydrogen-bond donors (Lipinski definition) is 1. The highest BCUT2D eigenvalue weighted by molar-refractivity contribution is 4.93. The summed E-state index contributed by atoms with van der Waals surface area (Å²) in [6.07, 6.45) is 4.07. The van der Waals surface area contributed by atoms with Gasteiger partial charge in [-0.3, -0.25) is 0 Å². The number of piperidine rings is 1. The van der Waals surface area contributed by atoms with Gasteiger partial charge >= 0.3 is 0 Å². The predicted octanol–water partition coefficient (Wildman–Crippen LogP) is 1.47. The molecule has 2 rings (SSSR count). The number of nitrogens with two attached hydrogens (primary N) is 1. The van der Waals surface area contributed by atoms with Crippen molar-refractivity contribution in [1.29, 1.82) is 0 Å². The average Bonchev–Trinajstić information content (AvgIpc) is 2.60. The van der Waals surface area contributed by atoms with E-state index in [2.05, 4.69) is 18.7 Å². The van der Waals surface area contributed by atoms with Gasteiger partial charge in [0.15, 0.2) is 0 Å². The summed E-state index contributed by atoms with van der Waals surface area (Å²) in [5.74, 6) is 0.956. The summed E-state index contributed by atoms with van der Waals surface area (Å²) < 4.78 is 5.50. The van der Waals surface area contributed by atoms with Crippen molar-refractivity contribution in [3.63, 3.8) is 0 Å². The van der Waals surface area contributed by atoms with Crippen LogP contribution in [0.4, 0.5) is 0 Å². The number of hydrogen-bond acceptors (Lipinski definition) is 3. The van der Waals surface area contributed by atoms with Crippen LogP contribution in [-0.2, 0) is 4.74 Å². The van der Waals surface area contributed by atoms with Gasteiger partial charge in [0.1, 0.15) is 0 Å². The summed E-state index contributed by atoms with van der Waals surface area (Å²) in [4.78, 5) is 2.58. The Kier molecular flexibility index (Phi) is 3.88. The SMILES string of the molecule is CCC1CCN(CC2(C)COCC2N)CC1. The minimum Gasteiger partial charge on any atom is -0.379 e. The van der Waals surface area contributed by atoms with Gasteiger partial charge < -0.3 is 15.4 Å². The highest BCUT2D eigenvalue weighted by Crippen LogP contribution is 2.30. The third-order valence-electron chi connectivity index (χ3n) is 4.49. The number of likely N-dealkylation sites (tertiary alicyclic amines) is 1. The number of nitrogens with zero attached hydrogens (tertiary/aromatic N) is 1. The molecule has 2 aliphatic rings. The van der Waals surface area contributed by atoms with E-state index in [1.165, 1.54) is 32.4 Å². The Morgan fingerprint density at radius 3 is 2.56 bits per heavy atom. The molecule has 0 amide bonds. The normalized spacial score (nSPS) is 38.1. The standard InChI is InChI=1S/C13H26N2O/c1-3-11-4-6-15(7-5-11)9-13(2)10-16-8-12(13)14/h11-12H,3-10,14H2,1-2H3. The maximum absolute atomic E-state index is 6.13. The summed E-state index contributed by atoms with van der Waals surface area (Å²) in [5.41, 5.74) is 6.31. The minimum atomic E-state index is 0.180. The largest absolute Gasteiger partial charge is 0.379 e. The van der Waals surface area contributed by atoms with Gasteiger partial charge in [0.25, 0.3) is 0 Å². The van der Waals surface area contributed by atoms with E-state index in [4.69, 9.17) is 10.5 Å². The Morgan fingerprint density at radius 1 is 1.38 bits per heavy atom. The van der Waals surface area contributed by atoms with Gasteiger partial charge in [-0.05, 0) is 31.8 Å². The van der Waals surface area contributed by atoms with Crippen molar-refractivity contribution in [3.8, 4) is 0 Å². The van der Waals surface area contributed by atoms with E-state index in [1.807, 2.05) is 0 Å². The van der Waals surface area contributed by atoms with E-state index in [1.54, 1.807) is 0 Å². The van der Waals surface area contributed by atoms with Crippen LogP contribution in [-0.4, -0.2) is 43.8 Å². The van der Waals surface area contributed by atoms with Gasteiger partial charge in [0.2, 0.25) is 0 Å². The molecule has 0 bridgehead atoms. The molecule has 2 saturated heterocycles. The fraction of sp³-hybridized carbons (Fsp3) is 1.00. The van der Waals surface area contributed by atoms with Crippen molar-refractivity contribution in [2.24, 2.45) is 17.1 Å². The van der Waals surface area contributed by atoms with Gasteiger partial charge in [-0.25, -0.2) is 0 Å². The van der Waals surface area contributed by atoms with E-state index < -0.39 is 0 Å². The number of ether oxygens (including phenoxy) is 1. The zero-order valence-corrected chi connectivity index (χ0v) is 10.7. The first-order chi connectivity index (χ1) is 7.64. The van der Waals surface area contributed by atoms with Crippen molar-refractivity contribution < 1.29 is 4.74 Å². The van der Waals surface area contributed by atoms with E-state index in [-0.39, 0.29) is 11.5 Å². The Morgan fingerprint density at radius 2 is 2.06 bits per heavy atom. The third kappa shape index (κ3) is 2.58. The second-order valence-corrected chi connectivity index (χ2v) is 5.90. The summed E-state index contributed by atoms with van der Waals surface area (Å²) in [5, 5.41) is 0. The lowest BCUT2D eigenvalue weighted by molar-refractivity contribution is 0.0945. The van der Waals surface area contributed by atoms with E-state index in [9.17, 15) is 0 Å². The molecule has 3 nitrogen and oxygen atoms in total. The second-order valence-electron chi connectivity index (χ2n) is 5.90. The van der Waals surface area contributed by atoms with Gasteiger partial charge in [-0.2, -0.15) is 0 Å². The van der Waals surface area contributed by atoms with Crippen LogP contribution in [0.3, 0.4) is 0 Å². The van der Waals surface area contributed by atoms with Crippen LogP contribution in [0.5, 0.6) is 0 Å². The van der Waals surface area contributed by atoms with Crippen LogP contribution < -0.4 is 5.73 Å². The fourth-order valence-electron chi connectivity index (χ4n) is 2.95. The molecule has 2 N–H and O–H groups in total. The zero-order chi connectivity index (χ0) is 11.6. The van der Waals surface area contributed by atoms with Gasteiger partial charge in [-0.15, -0.1) is 0 Å². The van der Waals surface area contributed by atoms with Gasteiger partial charge in [0, 0.05) is 18.0 Å². The fourth-order valence-corrected chi connectivity index (χ4v) is 2.95. The highest BCUT2D eigenvalue weighted by atomic mass is 16.5. The summed E-state index contributed by atoms with van der Waals surface area (Å²) in [7, 11) is 0. The Balaban J connectivity index is 1.82. The van der Waals surface area contributed by atoms with Crippen LogP contribution in [0.15, 0.2) is 0 Å². The minimum absolute atomic E-state index is 0.180. The Bertz CT molecular complexity index is 226. The van der Waals surface area contributed by atoms with E-state index in [0.29, 0.717) is 0 Å². The first kappa shape index (κ1) is 12.3. The Labute approximate surface area is 99.3 Å². The molecule has 0 aromatic heterocycles. The monoisotopic (exact) mass is 226 g/mol. The third-order valence-corrected chi connectivity index (χ3v) is 4.49. The lowest BCUT2D eigenvalue weighted by Crippen LogP contribution is -2.48. The van der Waals surface area contributed by atoms with Crippen molar-refractivity contribution in [2.45, 2.75) is 39.2 Å². The van der Waals surface area contributed by atoms with Crippen LogP contribution in [0, 0.1) is 11.3 Å². The zero-order valence-electron chi connectivity index (χ0n) is 10.7. The quantitative estimate of drug-likeness (QED) is 0.792. The molecule has 2 unspecified atom stereocenters. The molecule has 0 radical (unpaired) electrons. The van der Waals surface area contributed by atoms with Gasteiger partial charge in [-0.1, -0.05) is 20.3 Å². The lowest BCUT2D eigenvalue weighted by atomic mass is 9.84. The van der Waals surface area contributed by atoms with E-state index >= 15 is 0 Å². The molecule has 0 aliphatic carbocycles. The van der Waals surface area contributed by atoms with Crippen LogP contribution >= 0.6 is 0 Å². The molecule has 0 spiro atoms. The second kappa shape index (κ2) is 5.03. The number of rotatable bonds is 3. The van der Waals surface area contributed by atoms with Crippen molar-refractivity contribution in [1.82, 2.24) is 4.90 Å². The molecule has 0 saturated carbocycles. The highest BCUT2D eigenvalue weighted by Gasteiger charge is 2.39. The topological polar surface area (TPSA) is 38.5 Å². The Hall–Kier alpha value is -0.120. The summed E-state index contributed by atoms with van der Waals surface area (Å²) in [6.45, 7) is 9.77. The molecule has 2 heterocycles. The molecule has 0 aromatic rings. The van der Waals surface area contributed by atoms with Gasteiger partial charge in [0.05, 0.1) is 13.2 Å². The van der Waals surface area contributed by atoms with Crippen LogP contribution in [0.1, 0.15) is 33.1 Å². The van der Waals surface area contributed by atoms with Crippen LogP contribution in [0.25, 0.3) is 0 Å². The van der Waals surface area contributed by atoms with Crippen molar-refractivity contribution in [2.75, 3.05) is 32.8 Å². The van der Waals surface area contributed by atoms with Crippen LogP contribution in [0.2, 0.25) is 0 Å². The first-order valence-corrected chi connectivity index (χ1v) is 6.70. The molecule has 3 heteroatoms. The molecular formula is C13H26N2O.